The van der Waals surface area contributed by atoms with Crippen molar-refractivity contribution in [1.29, 1.82) is 0 Å². The molecule has 12 heteroatoms. The van der Waals surface area contributed by atoms with Gasteiger partial charge in [0.1, 0.15) is 11.4 Å². The number of nitrogens with zero attached hydrogens (tertiary/aromatic N) is 2. The van der Waals surface area contributed by atoms with Crippen molar-refractivity contribution in [3.8, 4) is 5.88 Å². The first-order valence-corrected chi connectivity index (χ1v) is 11.3. The molecule has 0 saturated carbocycles. The van der Waals surface area contributed by atoms with Crippen LogP contribution < -0.4 is 21.1 Å². The first-order chi connectivity index (χ1) is 16.7. The normalized spacial score (nSPS) is 18.0. The predicted octanol–water partition coefficient (Wildman–Crippen LogP) is 1.27. The monoisotopic (exact) mass is 505 g/mol. The van der Waals surface area contributed by atoms with Gasteiger partial charge in [-0.3, -0.25) is 14.5 Å². The summed E-state index contributed by atoms with van der Waals surface area (Å²) in [4.78, 5) is 42.2. The molecule has 0 unspecified atom stereocenters. The van der Waals surface area contributed by atoms with Crippen LogP contribution in [0.1, 0.15) is 37.5 Å². The van der Waals surface area contributed by atoms with Crippen LogP contribution in [0.25, 0.3) is 0 Å². The van der Waals surface area contributed by atoms with Crippen molar-refractivity contribution < 1.29 is 29.0 Å². The van der Waals surface area contributed by atoms with Crippen molar-refractivity contribution in [1.82, 2.24) is 20.5 Å². The molecule has 1 aromatic heterocycles. The Morgan fingerprint density at radius 2 is 1.89 bits per heavy atom. The van der Waals surface area contributed by atoms with E-state index in [9.17, 15) is 14.4 Å². The van der Waals surface area contributed by atoms with Gasteiger partial charge >= 0.3 is 5.97 Å². The minimum Gasteiger partial charge on any atom is -0.480 e. The number of hydrogen-bond acceptors (Lipinski definition) is 8. The maximum Gasteiger partial charge on any atom is 0.335 e. The molecule has 0 aliphatic carbocycles. The zero-order valence-electron chi connectivity index (χ0n) is 19.4. The van der Waals surface area contributed by atoms with Gasteiger partial charge in [0.25, 0.3) is 11.8 Å². The van der Waals surface area contributed by atoms with Gasteiger partial charge in [0.05, 0.1) is 29.8 Å². The summed E-state index contributed by atoms with van der Waals surface area (Å²) in [7, 11) is 2.98. The van der Waals surface area contributed by atoms with Crippen LogP contribution in [0.15, 0.2) is 30.3 Å². The van der Waals surface area contributed by atoms with E-state index in [4.69, 9.17) is 31.9 Å². The van der Waals surface area contributed by atoms with E-state index in [0.717, 1.165) is 0 Å². The molecule has 1 aliphatic heterocycles. The van der Waals surface area contributed by atoms with Crippen molar-refractivity contribution >= 4 is 35.2 Å². The van der Waals surface area contributed by atoms with Gasteiger partial charge < -0.3 is 30.9 Å². The summed E-state index contributed by atoms with van der Waals surface area (Å²) in [5, 5.41) is 14.9. The predicted molar refractivity (Wildman–Crippen MR) is 129 cm³/mol. The molecule has 1 aliphatic rings. The summed E-state index contributed by atoms with van der Waals surface area (Å²) in [6.45, 7) is 2.24. The summed E-state index contributed by atoms with van der Waals surface area (Å²) in [5.41, 5.74) is 6.38. The number of carbonyl (C=O) groups excluding carboxylic acids is 2. The number of hydrogen-bond donors (Lipinski definition) is 4. The Hall–Kier alpha value is -3.41. The summed E-state index contributed by atoms with van der Waals surface area (Å²) in [5.74, 6) is -1.55. The second-order valence-corrected chi connectivity index (χ2v) is 8.40. The van der Waals surface area contributed by atoms with Crippen LogP contribution in [-0.4, -0.2) is 85.3 Å². The third-order valence-electron chi connectivity index (χ3n) is 5.78. The molecular formula is C23H28ClN5O6. The lowest BCUT2D eigenvalue weighted by atomic mass is 10.0. The van der Waals surface area contributed by atoms with Crippen LogP contribution >= 0.6 is 11.6 Å². The third-order valence-corrected chi connectivity index (χ3v) is 6.08. The average Bonchev–Trinajstić information content (AvgIpc) is 2.85. The topological polar surface area (TPSA) is 156 Å². The standard InChI is InChI=1S/C23H28ClN5O6/c1-34-18-12-29(10-8-26-20(30)13-3-5-14(6-4-13)23(32)33)9-7-17(18)27-21(31)15-11-16(24)19(25)28-22(15)35-2/h3-6,11,17-18H,7-10,12H2,1-2H3,(H2,25,28)(H,26,30)(H,27,31)(H,32,33)/t17-,18+/m1/s1. The zero-order chi connectivity index (χ0) is 25.5. The lowest BCUT2D eigenvalue weighted by molar-refractivity contribution is 0.00681. The fraction of sp³-hybridized carbons (Fsp3) is 0.391. The number of nitrogens with one attached hydrogen (secondary N) is 2. The summed E-state index contributed by atoms with van der Waals surface area (Å²) < 4.78 is 10.8. The van der Waals surface area contributed by atoms with Gasteiger partial charge in [0.2, 0.25) is 5.88 Å². The Labute approximate surface area is 207 Å². The highest BCUT2D eigenvalue weighted by Gasteiger charge is 2.31. The van der Waals surface area contributed by atoms with Gasteiger partial charge in [-0.05, 0) is 36.8 Å². The molecule has 0 radical (unpaired) electrons. The Morgan fingerprint density at radius 3 is 2.51 bits per heavy atom. The summed E-state index contributed by atoms with van der Waals surface area (Å²) in [6, 6.07) is 6.92. The Balaban J connectivity index is 1.51. The van der Waals surface area contributed by atoms with Gasteiger partial charge in [-0.1, -0.05) is 11.6 Å². The van der Waals surface area contributed by atoms with E-state index in [1.165, 1.54) is 37.4 Å². The average molecular weight is 506 g/mol. The van der Waals surface area contributed by atoms with Crippen molar-refractivity contribution in [3.05, 3.63) is 52.0 Å². The molecule has 1 aromatic carbocycles. The van der Waals surface area contributed by atoms with Gasteiger partial charge in [0.15, 0.2) is 0 Å². The molecule has 2 heterocycles. The maximum atomic E-state index is 12.9. The van der Waals surface area contributed by atoms with E-state index >= 15 is 0 Å². The molecule has 0 spiro atoms. The number of nitrogens with two attached hydrogens (primary N) is 1. The fourth-order valence-corrected chi connectivity index (χ4v) is 3.98. The zero-order valence-corrected chi connectivity index (χ0v) is 20.2. The number of aromatic carboxylic acids is 1. The number of carboxylic acid groups (broad SMARTS) is 1. The van der Waals surface area contributed by atoms with Crippen LogP contribution in [0.2, 0.25) is 5.02 Å². The van der Waals surface area contributed by atoms with Gasteiger partial charge in [-0.25, -0.2) is 4.79 Å². The Bertz CT molecular complexity index is 1080. The van der Waals surface area contributed by atoms with E-state index in [0.29, 0.717) is 38.2 Å². The molecule has 3 rings (SSSR count). The summed E-state index contributed by atoms with van der Waals surface area (Å²) >= 11 is 6.03. The van der Waals surface area contributed by atoms with Crippen molar-refractivity contribution in [2.45, 2.75) is 18.6 Å². The molecule has 35 heavy (non-hydrogen) atoms. The number of methoxy groups -OCH3 is 2. The van der Waals surface area contributed by atoms with Crippen LogP contribution in [0.5, 0.6) is 5.88 Å². The first kappa shape index (κ1) is 26.2. The molecule has 1 saturated heterocycles. The van der Waals surface area contributed by atoms with E-state index in [1.807, 2.05) is 0 Å². The highest BCUT2D eigenvalue weighted by Crippen LogP contribution is 2.25. The van der Waals surface area contributed by atoms with Crippen LogP contribution in [0.4, 0.5) is 5.82 Å². The van der Waals surface area contributed by atoms with Crippen molar-refractivity contribution in [2.75, 3.05) is 46.1 Å². The molecule has 188 valence electrons. The van der Waals surface area contributed by atoms with Gasteiger partial charge in [-0.2, -0.15) is 4.98 Å². The molecular weight excluding hydrogens is 478 g/mol. The fourth-order valence-electron chi connectivity index (χ4n) is 3.83. The summed E-state index contributed by atoms with van der Waals surface area (Å²) in [6.07, 6.45) is 0.364. The Morgan fingerprint density at radius 1 is 1.20 bits per heavy atom. The van der Waals surface area contributed by atoms with E-state index in [2.05, 4.69) is 20.5 Å². The number of likely N-dealkylation sites (tertiary alicyclic amines) is 1. The SMILES string of the molecule is COc1nc(N)c(Cl)cc1C(=O)N[C@@H]1CCN(CCNC(=O)c2ccc(C(=O)O)cc2)C[C@@H]1OC. The molecule has 11 nitrogen and oxygen atoms in total. The van der Waals surface area contributed by atoms with Gasteiger partial charge in [0, 0.05) is 38.9 Å². The number of amides is 2. The number of aromatic nitrogens is 1. The van der Waals surface area contributed by atoms with E-state index in [1.54, 1.807) is 7.11 Å². The molecule has 2 atom stereocenters. The smallest absolute Gasteiger partial charge is 0.335 e. The van der Waals surface area contributed by atoms with Gasteiger partial charge in [-0.15, -0.1) is 0 Å². The number of halogens is 1. The largest absolute Gasteiger partial charge is 0.480 e. The molecule has 1 fully saturated rings. The number of carboxylic acids is 1. The minimum atomic E-state index is -1.04. The van der Waals surface area contributed by atoms with E-state index in [-0.39, 0.29) is 45.9 Å². The minimum absolute atomic E-state index is 0.0764. The number of benzene rings is 1. The van der Waals surface area contributed by atoms with E-state index < -0.39 is 11.9 Å². The van der Waals surface area contributed by atoms with Crippen LogP contribution in [0.3, 0.4) is 0 Å². The molecule has 5 N–H and O–H groups in total. The lowest BCUT2D eigenvalue weighted by Gasteiger charge is -2.38. The maximum absolute atomic E-state index is 12.9. The Kier molecular flexibility index (Phi) is 8.85. The van der Waals surface area contributed by atoms with Crippen LogP contribution in [0, 0.1) is 0 Å². The molecule has 2 aromatic rings. The number of pyridine rings is 1. The molecule has 0 bridgehead atoms. The number of nitrogen functional groups attached to an aromatic ring is 1. The highest BCUT2D eigenvalue weighted by molar-refractivity contribution is 6.33. The quantitative estimate of drug-likeness (QED) is 0.394. The second-order valence-electron chi connectivity index (χ2n) is 7.99. The third kappa shape index (κ3) is 6.59. The number of anilines is 1. The number of rotatable bonds is 9. The number of ether oxygens (including phenoxy) is 2. The van der Waals surface area contributed by atoms with Crippen molar-refractivity contribution in [3.63, 3.8) is 0 Å². The number of piperidine rings is 1. The first-order valence-electron chi connectivity index (χ1n) is 10.9. The lowest BCUT2D eigenvalue weighted by Crippen LogP contribution is -2.55. The van der Waals surface area contributed by atoms with Crippen LogP contribution in [-0.2, 0) is 4.74 Å². The number of carbonyl (C=O) groups is 3. The highest BCUT2D eigenvalue weighted by atomic mass is 35.5. The van der Waals surface area contributed by atoms with Crippen molar-refractivity contribution in [2.24, 2.45) is 0 Å². The molecule has 2 amide bonds. The second kappa shape index (κ2) is 11.8.